The minimum absolute atomic E-state index is 0.120. The summed E-state index contributed by atoms with van der Waals surface area (Å²) in [6.45, 7) is 0.140. The summed E-state index contributed by atoms with van der Waals surface area (Å²) < 4.78 is 95.8. The number of benzene rings is 3. The number of sulfone groups is 1. The van der Waals surface area contributed by atoms with E-state index in [9.17, 15) is 34.8 Å². The van der Waals surface area contributed by atoms with Crippen LogP contribution < -0.4 is 4.72 Å². The number of hydrogen-bond donors (Lipinski definition) is 1. The third kappa shape index (κ3) is 6.59. The maximum Gasteiger partial charge on any atom is 0.417 e. The minimum atomic E-state index is -5.06. The van der Waals surface area contributed by atoms with Gasteiger partial charge in [0.1, 0.15) is 0 Å². The Labute approximate surface area is 242 Å². The number of halogens is 5. The fourth-order valence-corrected chi connectivity index (χ4v) is 8.44. The van der Waals surface area contributed by atoms with E-state index >= 15 is 0 Å². The molecule has 1 aliphatic rings. The van der Waals surface area contributed by atoms with Crippen LogP contribution in [0.15, 0.2) is 87.5 Å². The van der Waals surface area contributed by atoms with Crippen molar-refractivity contribution >= 4 is 60.0 Å². The van der Waals surface area contributed by atoms with Crippen molar-refractivity contribution in [2.75, 3.05) is 6.54 Å². The van der Waals surface area contributed by atoms with Crippen molar-refractivity contribution in [3.8, 4) is 0 Å². The molecule has 1 N–H and O–H groups in total. The molecular formula is C25H21ClF3IN2O5S2. The van der Waals surface area contributed by atoms with E-state index in [4.69, 9.17) is 11.6 Å². The number of carbonyl (C=O) groups is 1. The van der Waals surface area contributed by atoms with Crippen LogP contribution in [0.3, 0.4) is 0 Å². The summed E-state index contributed by atoms with van der Waals surface area (Å²) in [5, 5.41) is 0.380. The summed E-state index contributed by atoms with van der Waals surface area (Å²) in [5.41, 5.74) is -1.13. The predicted molar refractivity (Wildman–Crippen MR) is 147 cm³/mol. The summed E-state index contributed by atoms with van der Waals surface area (Å²) in [5.74, 6) is -0.309. The number of sulfonamides is 1. The Hall–Kier alpha value is -2.20. The molecule has 1 heterocycles. The molecule has 39 heavy (non-hydrogen) atoms. The molecule has 0 spiro atoms. The van der Waals surface area contributed by atoms with Crippen molar-refractivity contribution < 1.29 is 34.8 Å². The van der Waals surface area contributed by atoms with Crippen LogP contribution in [0.1, 0.15) is 28.8 Å². The van der Waals surface area contributed by atoms with Crippen LogP contribution in [0, 0.1) is 0 Å². The van der Waals surface area contributed by atoms with Crippen molar-refractivity contribution in [2.24, 2.45) is 0 Å². The molecule has 1 fully saturated rings. The van der Waals surface area contributed by atoms with E-state index < -0.39 is 51.5 Å². The van der Waals surface area contributed by atoms with Crippen molar-refractivity contribution in [3.05, 3.63) is 88.9 Å². The van der Waals surface area contributed by atoms with Gasteiger partial charge in [-0.15, -0.1) is 0 Å². The lowest BCUT2D eigenvalue weighted by atomic mass is 10.0. The van der Waals surface area contributed by atoms with Gasteiger partial charge in [-0.2, -0.15) is 13.2 Å². The van der Waals surface area contributed by atoms with Gasteiger partial charge in [0.25, 0.3) is 5.91 Å². The number of hydrogen-bond acceptors (Lipinski definition) is 5. The Kier molecular flexibility index (Phi) is 8.67. The highest BCUT2D eigenvalue weighted by Gasteiger charge is 2.40. The Morgan fingerprint density at radius 3 is 2.26 bits per heavy atom. The zero-order valence-electron chi connectivity index (χ0n) is 19.9. The van der Waals surface area contributed by atoms with Gasteiger partial charge in [0.2, 0.25) is 19.9 Å². The predicted octanol–water partition coefficient (Wildman–Crippen LogP) is 5.54. The molecule has 0 saturated carbocycles. The summed E-state index contributed by atoms with van der Waals surface area (Å²) in [7, 11) is -9.10. The number of piperidine rings is 1. The van der Waals surface area contributed by atoms with Crippen LogP contribution >= 0.6 is 34.2 Å². The number of nitrogens with one attached hydrogen (secondary N) is 1. The molecule has 2 atom stereocenters. The molecule has 2 unspecified atom stereocenters. The maximum atomic E-state index is 13.8. The lowest BCUT2D eigenvalue weighted by molar-refractivity contribution is -0.139. The monoisotopic (exact) mass is 712 g/mol. The normalized spacial score (nSPS) is 18.6. The molecule has 0 bridgehead atoms. The average Bonchev–Trinajstić information content (AvgIpc) is 2.88. The van der Waals surface area contributed by atoms with Crippen LogP contribution in [0.5, 0.6) is 0 Å². The van der Waals surface area contributed by atoms with Crippen molar-refractivity contribution in [1.82, 2.24) is 9.62 Å². The maximum absolute atomic E-state index is 13.8. The highest BCUT2D eigenvalue weighted by atomic mass is 127. The summed E-state index contributed by atoms with van der Waals surface area (Å²) >= 11 is 7.94. The Balaban J connectivity index is 1.60. The molecule has 3 aromatic carbocycles. The first-order chi connectivity index (χ1) is 18.2. The quantitative estimate of drug-likeness (QED) is 0.206. The second kappa shape index (κ2) is 11.4. The third-order valence-electron chi connectivity index (χ3n) is 6.10. The third-order valence-corrected chi connectivity index (χ3v) is 10.8. The Bertz CT molecular complexity index is 1600. The molecule has 0 aliphatic carbocycles. The number of likely N-dealkylation sites (tertiary alicyclic amines) is 1. The fraction of sp³-hybridized carbons (Fsp3) is 0.240. The lowest BCUT2D eigenvalue weighted by Crippen LogP contribution is -2.49. The van der Waals surface area contributed by atoms with Crippen LogP contribution in [0.4, 0.5) is 13.2 Å². The van der Waals surface area contributed by atoms with Crippen LogP contribution in [-0.4, -0.2) is 44.3 Å². The first-order valence-electron chi connectivity index (χ1n) is 11.4. The first-order valence-corrected chi connectivity index (χ1v) is 16.0. The van der Waals surface area contributed by atoms with E-state index in [2.05, 4.69) is 4.72 Å². The van der Waals surface area contributed by atoms with E-state index in [-0.39, 0.29) is 30.2 Å². The van der Waals surface area contributed by atoms with E-state index in [1.165, 1.54) is 35.2 Å². The lowest BCUT2D eigenvalue weighted by Gasteiger charge is -2.37. The van der Waals surface area contributed by atoms with Gasteiger partial charge in [-0.25, -0.2) is 21.6 Å². The summed E-state index contributed by atoms with van der Waals surface area (Å²) in [6, 6.07) is 14.3. The fourth-order valence-electron chi connectivity index (χ4n) is 4.18. The SMILES string of the molecule is O=C(c1cccc(Cl)c1)N1CCC(NS(=O)(=O)c2cc(S(=O)(=O)c3ccccc3)ccc2C(F)(F)F)CC1I. The molecule has 3 aromatic rings. The van der Waals surface area contributed by atoms with Gasteiger partial charge in [0.15, 0.2) is 0 Å². The summed E-state index contributed by atoms with van der Waals surface area (Å²) in [6.07, 6.45) is -4.80. The molecule has 1 aliphatic heterocycles. The largest absolute Gasteiger partial charge is 0.417 e. The standard InChI is InChI=1S/C25H21ClF3IN2O5S2/c26-17-6-4-5-16(13-17)24(33)32-12-11-18(14-23(32)30)31-39(36,37)22-15-20(9-10-21(22)25(27,28)29)38(34,35)19-7-2-1-3-8-19/h1-10,13,15,18,23,31H,11-12,14H2. The van der Waals surface area contributed by atoms with Gasteiger partial charge in [0, 0.05) is 23.2 Å². The first kappa shape index (κ1) is 29.8. The molecule has 0 aromatic heterocycles. The Morgan fingerprint density at radius 2 is 1.64 bits per heavy atom. The molecule has 0 radical (unpaired) electrons. The van der Waals surface area contributed by atoms with Gasteiger partial charge >= 0.3 is 6.18 Å². The number of amides is 1. The molecule has 208 valence electrons. The minimum Gasteiger partial charge on any atom is -0.327 e. The summed E-state index contributed by atoms with van der Waals surface area (Å²) in [4.78, 5) is 12.5. The number of carbonyl (C=O) groups excluding carboxylic acids is 1. The number of rotatable bonds is 6. The number of alkyl halides is 4. The van der Waals surface area contributed by atoms with Crippen LogP contribution in [0.2, 0.25) is 5.02 Å². The van der Waals surface area contributed by atoms with E-state index in [1.807, 2.05) is 22.6 Å². The smallest absolute Gasteiger partial charge is 0.327 e. The Morgan fingerprint density at radius 1 is 0.949 bits per heavy atom. The molecule has 14 heteroatoms. The van der Waals surface area contributed by atoms with Crippen molar-refractivity contribution in [2.45, 2.75) is 43.8 Å². The van der Waals surface area contributed by atoms with Gasteiger partial charge in [-0.3, -0.25) is 4.79 Å². The average molecular weight is 713 g/mol. The zero-order valence-corrected chi connectivity index (χ0v) is 24.4. The molecule has 4 rings (SSSR count). The van der Waals surface area contributed by atoms with E-state index in [0.29, 0.717) is 22.7 Å². The van der Waals surface area contributed by atoms with E-state index in [0.717, 1.165) is 6.07 Å². The van der Waals surface area contributed by atoms with Gasteiger partial charge in [-0.05, 0) is 61.4 Å². The number of nitrogens with zero attached hydrogens (tertiary/aromatic N) is 1. The highest BCUT2D eigenvalue weighted by molar-refractivity contribution is 14.1. The molecule has 1 amide bonds. The van der Waals surface area contributed by atoms with Gasteiger partial charge in [-0.1, -0.05) is 58.5 Å². The van der Waals surface area contributed by atoms with Gasteiger partial charge in [0.05, 0.1) is 24.3 Å². The topological polar surface area (TPSA) is 101 Å². The molecule has 7 nitrogen and oxygen atoms in total. The molecular weight excluding hydrogens is 692 g/mol. The second-order valence-electron chi connectivity index (χ2n) is 8.76. The van der Waals surface area contributed by atoms with Crippen LogP contribution in [-0.2, 0) is 26.0 Å². The highest BCUT2D eigenvalue weighted by Crippen LogP contribution is 2.37. The molecule has 1 saturated heterocycles. The van der Waals surface area contributed by atoms with E-state index in [1.54, 1.807) is 24.3 Å². The van der Waals surface area contributed by atoms with Crippen LogP contribution in [0.25, 0.3) is 0 Å². The second-order valence-corrected chi connectivity index (χ2v) is 14.3. The van der Waals surface area contributed by atoms with Crippen molar-refractivity contribution in [1.29, 1.82) is 0 Å². The van der Waals surface area contributed by atoms with Crippen molar-refractivity contribution in [3.63, 3.8) is 0 Å². The van der Waals surface area contributed by atoms with Gasteiger partial charge < -0.3 is 4.90 Å². The zero-order chi connectivity index (χ0) is 28.6.